The first-order valence-electron chi connectivity index (χ1n) is 22.2. The second kappa shape index (κ2) is 38.6. The number of hydrogen-bond donors (Lipinski definition) is 1. The molecule has 0 spiro atoms. The Balaban J connectivity index is 4.23. The number of esters is 1. The minimum Gasteiger partial charge on any atom is -0.457 e. The van der Waals surface area contributed by atoms with Gasteiger partial charge in [0.05, 0.1) is 34.4 Å². The van der Waals surface area contributed by atoms with Gasteiger partial charge in [0.25, 0.3) is 0 Å². The molecule has 9 heteroatoms. The van der Waals surface area contributed by atoms with Gasteiger partial charge in [-0.15, -0.1) is 0 Å². The normalized spacial score (nSPS) is 14.1. The first-order chi connectivity index (χ1) is 26.1. The Hall–Kier alpha value is -1.28. The molecule has 0 saturated carbocycles. The summed E-state index contributed by atoms with van der Waals surface area (Å²) < 4.78 is 35.0. The van der Waals surface area contributed by atoms with Crippen LogP contribution in [0, 0.1) is 0 Å². The molecular formula is C45H87NO7P+. The largest absolute Gasteiger partial charge is 0.472 e. The van der Waals surface area contributed by atoms with E-state index in [4.69, 9.17) is 18.5 Å². The summed E-state index contributed by atoms with van der Waals surface area (Å²) in [6.07, 6.45) is 44.6. The number of phosphoric acid groups is 1. The van der Waals surface area contributed by atoms with Crippen molar-refractivity contribution in [3.8, 4) is 0 Å². The number of quaternary nitrogens is 1. The Bertz CT molecular complexity index is 962. The van der Waals surface area contributed by atoms with Crippen molar-refractivity contribution < 1.29 is 37.3 Å². The van der Waals surface area contributed by atoms with E-state index in [1.165, 1.54) is 109 Å². The second-order valence-electron chi connectivity index (χ2n) is 16.1. The highest BCUT2D eigenvalue weighted by Crippen LogP contribution is 2.43. The van der Waals surface area contributed by atoms with Crippen molar-refractivity contribution in [3.05, 3.63) is 36.5 Å². The van der Waals surface area contributed by atoms with Crippen LogP contribution < -0.4 is 0 Å². The lowest BCUT2D eigenvalue weighted by atomic mass is 10.1. The molecule has 8 nitrogen and oxygen atoms in total. The van der Waals surface area contributed by atoms with E-state index < -0.39 is 13.9 Å². The standard InChI is InChI=1S/C45H86NO7P/c1-6-8-10-12-14-16-18-20-22-23-24-25-27-29-31-33-35-37-40-50-42-44(43-52-54(48,49)51-41-39-46(3,4)5)53-45(47)38-36-34-32-30-28-26-21-19-17-15-13-11-9-7-2/h13,15,19-22,44H,6-12,14,16-18,23-43H2,1-5H3/p+1/b15-13-,21-19-,22-20-. The fourth-order valence-electron chi connectivity index (χ4n) is 5.92. The van der Waals surface area contributed by atoms with Crippen molar-refractivity contribution in [1.82, 2.24) is 0 Å². The molecule has 2 unspecified atom stereocenters. The molecule has 0 aromatic heterocycles. The molecule has 0 saturated heterocycles. The lowest BCUT2D eigenvalue weighted by Gasteiger charge is -2.24. The van der Waals surface area contributed by atoms with Crippen molar-refractivity contribution in [2.75, 3.05) is 54.1 Å². The zero-order valence-electron chi connectivity index (χ0n) is 36.0. The smallest absolute Gasteiger partial charge is 0.457 e. The molecule has 0 aromatic rings. The number of carbonyl (C=O) groups is 1. The summed E-state index contributed by atoms with van der Waals surface area (Å²) in [5, 5.41) is 0. The lowest BCUT2D eigenvalue weighted by molar-refractivity contribution is -0.870. The molecule has 0 amide bonds. The Morgan fingerprint density at radius 3 is 1.57 bits per heavy atom. The Labute approximate surface area is 334 Å². The number of ether oxygens (including phenoxy) is 2. The molecule has 1 N–H and O–H groups in total. The summed E-state index contributed by atoms with van der Waals surface area (Å²) in [7, 11) is 1.66. The first-order valence-corrected chi connectivity index (χ1v) is 23.7. The van der Waals surface area contributed by atoms with Crippen LogP contribution in [-0.2, 0) is 27.9 Å². The number of allylic oxidation sites excluding steroid dienone is 6. The number of rotatable bonds is 41. The molecule has 0 radical (unpaired) electrons. The molecule has 0 fully saturated rings. The van der Waals surface area contributed by atoms with Gasteiger partial charge in [-0.05, 0) is 64.2 Å². The third kappa shape index (κ3) is 41.9. The van der Waals surface area contributed by atoms with Gasteiger partial charge in [0.15, 0.2) is 0 Å². The van der Waals surface area contributed by atoms with E-state index in [1.54, 1.807) is 0 Å². The van der Waals surface area contributed by atoms with Gasteiger partial charge in [0.1, 0.15) is 19.3 Å². The SMILES string of the molecule is CCCC/C=C\C/C=C\CCCCCCCC(=O)OC(COCCCCCCCCCC/C=C\CCCCCCCC)COP(=O)(O)OCC[N+](C)(C)C. The van der Waals surface area contributed by atoms with Gasteiger partial charge in [-0.2, -0.15) is 0 Å². The van der Waals surface area contributed by atoms with Crippen molar-refractivity contribution in [1.29, 1.82) is 0 Å². The van der Waals surface area contributed by atoms with E-state index in [9.17, 15) is 14.3 Å². The average Bonchev–Trinajstić information content (AvgIpc) is 3.12. The van der Waals surface area contributed by atoms with E-state index >= 15 is 0 Å². The number of phosphoric ester groups is 1. The average molecular weight is 785 g/mol. The molecule has 0 rings (SSSR count). The molecule has 0 aromatic carbocycles. The van der Waals surface area contributed by atoms with Gasteiger partial charge >= 0.3 is 13.8 Å². The monoisotopic (exact) mass is 785 g/mol. The molecule has 0 aliphatic carbocycles. The van der Waals surface area contributed by atoms with Gasteiger partial charge in [0.2, 0.25) is 0 Å². The summed E-state index contributed by atoms with van der Waals surface area (Å²) in [5.41, 5.74) is 0. The number of carbonyl (C=O) groups excluding carboxylic acids is 1. The zero-order chi connectivity index (χ0) is 39.9. The maximum atomic E-state index is 12.7. The minimum atomic E-state index is -4.28. The molecule has 0 aliphatic rings. The van der Waals surface area contributed by atoms with Crippen LogP contribution in [0.25, 0.3) is 0 Å². The van der Waals surface area contributed by atoms with Gasteiger partial charge in [0, 0.05) is 13.0 Å². The Kier molecular flexibility index (Phi) is 37.7. The van der Waals surface area contributed by atoms with Crippen LogP contribution >= 0.6 is 7.82 Å². The predicted octanol–water partition coefficient (Wildman–Crippen LogP) is 13.0. The van der Waals surface area contributed by atoms with Crippen molar-refractivity contribution in [3.63, 3.8) is 0 Å². The summed E-state index contributed by atoms with van der Waals surface area (Å²) >= 11 is 0. The molecular weight excluding hydrogens is 697 g/mol. The van der Waals surface area contributed by atoms with Crippen LogP contribution in [0.15, 0.2) is 36.5 Å². The highest BCUT2D eigenvalue weighted by molar-refractivity contribution is 7.47. The Morgan fingerprint density at radius 1 is 0.574 bits per heavy atom. The maximum Gasteiger partial charge on any atom is 0.472 e. The summed E-state index contributed by atoms with van der Waals surface area (Å²) in [6.45, 7) is 5.56. The minimum absolute atomic E-state index is 0.0850. The second-order valence-corrected chi connectivity index (χ2v) is 17.5. The quantitative estimate of drug-likeness (QED) is 0.0217. The molecule has 0 bridgehead atoms. The fraction of sp³-hybridized carbons (Fsp3) is 0.844. The summed E-state index contributed by atoms with van der Waals surface area (Å²) in [4.78, 5) is 22.9. The molecule has 54 heavy (non-hydrogen) atoms. The predicted molar refractivity (Wildman–Crippen MR) is 229 cm³/mol. The number of unbranched alkanes of at least 4 members (excludes halogenated alkanes) is 21. The van der Waals surface area contributed by atoms with E-state index in [-0.39, 0.29) is 25.8 Å². The molecule has 2 atom stereocenters. The summed E-state index contributed by atoms with van der Waals surface area (Å²) in [6, 6.07) is 0. The van der Waals surface area contributed by atoms with Gasteiger partial charge in [-0.1, -0.05) is 153 Å². The van der Waals surface area contributed by atoms with E-state index in [0.717, 1.165) is 57.8 Å². The summed E-state index contributed by atoms with van der Waals surface area (Å²) in [5.74, 6) is -0.329. The first kappa shape index (κ1) is 52.7. The third-order valence-electron chi connectivity index (χ3n) is 9.42. The number of nitrogens with zero attached hydrogens (tertiary/aromatic N) is 1. The van der Waals surface area contributed by atoms with E-state index in [1.807, 2.05) is 21.1 Å². The topological polar surface area (TPSA) is 91.3 Å². The fourth-order valence-corrected chi connectivity index (χ4v) is 6.66. The van der Waals surface area contributed by atoms with Gasteiger partial charge in [-0.25, -0.2) is 4.57 Å². The molecule has 0 aliphatic heterocycles. The van der Waals surface area contributed by atoms with E-state index in [0.29, 0.717) is 24.1 Å². The van der Waals surface area contributed by atoms with Crippen LogP contribution in [0.2, 0.25) is 0 Å². The van der Waals surface area contributed by atoms with E-state index in [2.05, 4.69) is 50.3 Å². The van der Waals surface area contributed by atoms with Crippen LogP contribution in [0.3, 0.4) is 0 Å². The molecule has 318 valence electrons. The highest BCUT2D eigenvalue weighted by atomic mass is 31.2. The van der Waals surface area contributed by atoms with Crippen LogP contribution in [-0.4, -0.2) is 75.6 Å². The van der Waals surface area contributed by atoms with Gasteiger partial charge in [-0.3, -0.25) is 13.8 Å². The number of likely N-dealkylation sites (N-methyl/N-ethyl adjacent to an activating group) is 1. The van der Waals surface area contributed by atoms with Gasteiger partial charge < -0.3 is 18.9 Å². The maximum absolute atomic E-state index is 12.7. The van der Waals surface area contributed by atoms with Crippen LogP contribution in [0.5, 0.6) is 0 Å². The molecule has 0 heterocycles. The van der Waals surface area contributed by atoms with Crippen molar-refractivity contribution >= 4 is 13.8 Å². The highest BCUT2D eigenvalue weighted by Gasteiger charge is 2.26. The zero-order valence-corrected chi connectivity index (χ0v) is 36.9. The lowest BCUT2D eigenvalue weighted by Crippen LogP contribution is -2.37. The Morgan fingerprint density at radius 2 is 1.04 bits per heavy atom. The van der Waals surface area contributed by atoms with Crippen molar-refractivity contribution in [2.24, 2.45) is 0 Å². The third-order valence-corrected chi connectivity index (χ3v) is 10.4. The van der Waals surface area contributed by atoms with Crippen molar-refractivity contribution in [2.45, 2.75) is 193 Å². The van der Waals surface area contributed by atoms with Crippen LogP contribution in [0.1, 0.15) is 187 Å². The number of hydrogen-bond acceptors (Lipinski definition) is 6. The van der Waals surface area contributed by atoms with Crippen LogP contribution in [0.4, 0.5) is 0 Å².